The number of ether oxygens (including phenoxy) is 1. The Bertz CT molecular complexity index is 448. The monoisotopic (exact) mass is 346 g/mol. The highest BCUT2D eigenvalue weighted by atomic mass is 79.9. The zero-order valence-corrected chi connectivity index (χ0v) is 11.6. The first-order valence-corrected chi connectivity index (χ1v) is 6.02. The van der Waals surface area contributed by atoms with E-state index in [0.717, 1.165) is 8.95 Å². The molecule has 0 amide bonds. The van der Waals surface area contributed by atoms with E-state index in [-0.39, 0.29) is 12.3 Å². The molecule has 1 rings (SSSR count). The van der Waals surface area contributed by atoms with Crippen molar-refractivity contribution in [2.45, 2.75) is 6.92 Å². The molecule has 1 aromatic carbocycles. The van der Waals surface area contributed by atoms with Crippen LogP contribution in [0.3, 0.4) is 0 Å². The Morgan fingerprint density at radius 1 is 1.38 bits per heavy atom. The lowest BCUT2D eigenvalue weighted by Crippen LogP contribution is -2.19. The van der Waals surface area contributed by atoms with Crippen molar-refractivity contribution >= 4 is 43.5 Å². The largest absolute Gasteiger partial charge is 0.457 e. The predicted octanol–water partition coefficient (Wildman–Crippen LogP) is 2.79. The van der Waals surface area contributed by atoms with Gasteiger partial charge in [-0.15, -0.1) is 0 Å². The molecule has 0 fully saturated rings. The van der Waals surface area contributed by atoms with E-state index in [9.17, 15) is 4.79 Å². The van der Waals surface area contributed by atoms with Crippen LogP contribution < -0.4 is 0 Å². The van der Waals surface area contributed by atoms with Crippen molar-refractivity contribution in [1.29, 1.82) is 0 Å². The number of hydrogen-bond donors (Lipinski definition) is 0. The molecule has 4 nitrogen and oxygen atoms in total. The molecule has 0 atom stereocenters. The van der Waals surface area contributed by atoms with Crippen molar-refractivity contribution in [2.75, 3.05) is 6.61 Å². The van der Waals surface area contributed by atoms with E-state index in [2.05, 4.69) is 36.6 Å². The van der Waals surface area contributed by atoms with Gasteiger partial charge in [0.25, 0.3) is 0 Å². The molecule has 0 bridgehead atoms. The summed E-state index contributed by atoms with van der Waals surface area (Å²) in [5, 5.41) is 0. The van der Waals surface area contributed by atoms with E-state index in [1.165, 1.54) is 0 Å². The number of halogens is 2. The van der Waals surface area contributed by atoms with Crippen LogP contribution in [0.15, 0.2) is 27.1 Å². The highest BCUT2D eigenvalue weighted by Gasteiger charge is 2.24. The third-order valence-electron chi connectivity index (χ3n) is 1.70. The zero-order valence-electron chi connectivity index (χ0n) is 8.41. The number of carbonyl (C=O) groups excluding carboxylic acids is 1. The summed E-state index contributed by atoms with van der Waals surface area (Å²) in [5.74, 6) is -0.657. The third-order valence-corrected chi connectivity index (χ3v) is 2.62. The molecule has 0 aromatic heterocycles. The van der Waals surface area contributed by atoms with Crippen molar-refractivity contribution in [1.82, 2.24) is 0 Å². The van der Waals surface area contributed by atoms with Gasteiger partial charge in [0.15, 0.2) is 0 Å². The van der Waals surface area contributed by atoms with E-state index in [4.69, 9.17) is 10.3 Å². The van der Waals surface area contributed by atoms with Gasteiger partial charge < -0.3 is 10.3 Å². The average Bonchev–Trinajstić information content (AvgIpc) is 2.17. The van der Waals surface area contributed by atoms with Gasteiger partial charge in [0.2, 0.25) is 0 Å². The van der Waals surface area contributed by atoms with Crippen LogP contribution in [-0.4, -0.2) is 23.1 Å². The van der Waals surface area contributed by atoms with Gasteiger partial charge in [0, 0.05) is 8.95 Å². The maximum Gasteiger partial charge on any atom is 0.422 e. The second-order valence-corrected chi connectivity index (χ2v) is 4.66. The van der Waals surface area contributed by atoms with Gasteiger partial charge in [0.1, 0.15) is 0 Å². The van der Waals surface area contributed by atoms with E-state index in [1.54, 1.807) is 19.1 Å². The second-order valence-electron chi connectivity index (χ2n) is 2.83. The van der Waals surface area contributed by atoms with Crippen LogP contribution in [0.1, 0.15) is 12.5 Å². The van der Waals surface area contributed by atoms with Crippen molar-refractivity contribution in [3.8, 4) is 0 Å². The maximum absolute atomic E-state index is 11.5. The van der Waals surface area contributed by atoms with E-state index >= 15 is 0 Å². The van der Waals surface area contributed by atoms with Crippen LogP contribution in [0.5, 0.6) is 0 Å². The van der Waals surface area contributed by atoms with E-state index in [0.29, 0.717) is 5.56 Å². The fourth-order valence-corrected chi connectivity index (χ4v) is 2.40. The summed E-state index contributed by atoms with van der Waals surface area (Å²) in [6.45, 7) is 1.91. The molecule has 0 saturated carbocycles. The number of hydrogen-bond acceptors (Lipinski definition) is 2. The van der Waals surface area contributed by atoms with Crippen molar-refractivity contribution in [3.05, 3.63) is 38.2 Å². The molecule has 84 valence electrons. The summed E-state index contributed by atoms with van der Waals surface area (Å²) in [5.41, 5.74) is 9.17. The van der Waals surface area contributed by atoms with Gasteiger partial charge >= 0.3 is 11.7 Å². The molecule has 6 heteroatoms. The molecule has 0 radical (unpaired) electrons. The SMILES string of the molecule is CCOC(=O)C(=[N+]=[N-])c1cc(Br)cc(Br)c1. The second kappa shape index (κ2) is 5.94. The van der Waals surface area contributed by atoms with Crippen LogP contribution in [0.4, 0.5) is 0 Å². The minimum Gasteiger partial charge on any atom is -0.457 e. The molecular formula is C10H8Br2N2O2. The lowest BCUT2D eigenvalue weighted by Gasteiger charge is -1.99. The quantitative estimate of drug-likeness (QED) is 0.365. The molecule has 16 heavy (non-hydrogen) atoms. The van der Waals surface area contributed by atoms with Crippen LogP contribution in [0.2, 0.25) is 0 Å². The summed E-state index contributed by atoms with van der Waals surface area (Å²) in [4.78, 5) is 14.4. The highest BCUT2D eigenvalue weighted by Crippen LogP contribution is 2.20. The number of esters is 1. The minimum atomic E-state index is -0.657. The fourth-order valence-electron chi connectivity index (χ4n) is 1.11. The first-order chi connectivity index (χ1) is 7.58. The molecule has 1 aromatic rings. The van der Waals surface area contributed by atoms with Crippen molar-refractivity contribution < 1.29 is 14.3 Å². The molecule has 0 N–H and O–H groups in total. The van der Waals surface area contributed by atoms with Gasteiger partial charge in [-0.3, -0.25) is 0 Å². The summed E-state index contributed by atoms with van der Waals surface area (Å²) in [7, 11) is 0. The highest BCUT2D eigenvalue weighted by molar-refractivity contribution is 9.11. The summed E-state index contributed by atoms with van der Waals surface area (Å²) >= 11 is 6.56. The topological polar surface area (TPSA) is 62.7 Å². The third kappa shape index (κ3) is 3.27. The summed E-state index contributed by atoms with van der Waals surface area (Å²) in [6.07, 6.45) is 0. The van der Waals surface area contributed by atoms with E-state index < -0.39 is 5.97 Å². The van der Waals surface area contributed by atoms with E-state index in [1.807, 2.05) is 6.07 Å². The van der Waals surface area contributed by atoms with Gasteiger partial charge in [-0.05, 0) is 25.1 Å². The molecule has 0 spiro atoms. The number of nitrogens with zero attached hydrogens (tertiary/aromatic N) is 2. The van der Waals surface area contributed by atoms with Crippen molar-refractivity contribution in [2.24, 2.45) is 0 Å². The number of benzene rings is 1. The van der Waals surface area contributed by atoms with Crippen LogP contribution in [0, 0.1) is 0 Å². The Kier molecular flexibility index (Phi) is 4.86. The average molecular weight is 348 g/mol. The maximum atomic E-state index is 11.5. The van der Waals surface area contributed by atoms with Gasteiger partial charge in [-0.2, -0.15) is 4.79 Å². The standard InChI is InChI=1S/C10H8Br2N2O2/c1-2-16-10(15)9(14-13)6-3-7(11)5-8(12)4-6/h3-5H,2H2,1H3. The molecule has 0 aliphatic carbocycles. The molecule has 0 saturated heterocycles. The minimum absolute atomic E-state index is 0.121. The Labute approximate surface area is 109 Å². The summed E-state index contributed by atoms with van der Waals surface area (Å²) < 4.78 is 6.30. The Hall–Kier alpha value is -0.970. The molecule has 0 aliphatic rings. The Morgan fingerprint density at radius 3 is 2.38 bits per heavy atom. The lowest BCUT2D eigenvalue weighted by atomic mass is 10.1. The Balaban J connectivity index is 3.15. The van der Waals surface area contributed by atoms with Crippen molar-refractivity contribution in [3.63, 3.8) is 0 Å². The molecular weight excluding hydrogens is 340 g/mol. The van der Waals surface area contributed by atoms with Crippen LogP contribution in [0.25, 0.3) is 5.53 Å². The molecule has 0 heterocycles. The summed E-state index contributed by atoms with van der Waals surface area (Å²) in [6, 6.07) is 5.14. The molecule has 0 aliphatic heterocycles. The lowest BCUT2D eigenvalue weighted by molar-refractivity contribution is -0.139. The fraction of sp³-hybridized carbons (Fsp3) is 0.200. The first-order valence-electron chi connectivity index (χ1n) is 4.44. The first kappa shape index (κ1) is 13.1. The van der Waals surface area contributed by atoms with Gasteiger partial charge in [-0.1, -0.05) is 31.9 Å². The Morgan fingerprint density at radius 2 is 1.94 bits per heavy atom. The zero-order chi connectivity index (χ0) is 12.1. The smallest absolute Gasteiger partial charge is 0.422 e. The number of rotatable bonds is 3. The normalized spacial score (nSPS) is 9.44. The van der Waals surface area contributed by atoms with Crippen LogP contribution >= 0.6 is 31.9 Å². The number of carbonyl (C=O) groups is 1. The predicted molar refractivity (Wildman–Crippen MR) is 66.2 cm³/mol. The van der Waals surface area contributed by atoms with Gasteiger partial charge in [-0.25, -0.2) is 4.79 Å². The van der Waals surface area contributed by atoms with Gasteiger partial charge in [0.05, 0.1) is 12.2 Å². The van der Waals surface area contributed by atoms with Crippen LogP contribution in [-0.2, 0) is 9.53 Å². The molecule has 0 unspecified atom stereocenters.